The second-order valence-corrected chi connectivity index (χ2v) is 8.01. The van der Waals surface area contributed by atoms with Crippen LogP contribution in [0.25, 0.3) is 0 Å². The van der Waals surface area contributed by atoms with Gasteiger partial charge in [-0.15, -0.1) is 0 Å². The minimum absolute atomic E-state index is 0.0321. The lowest BCUT2D eigenvalue weighted by atomic mass is 9.78. The molecule has 0 amide bonds. The summed E-state index contributed by atoms with van der Waals surface area (Å²) in [6.07, 6.45) is 2.50. The minimum Gasteiger partial charge on any atom is -0.492 e. The molecule has 0 aliphatic carbocycles. The average Bonchev–Trinajstić information content (AvgIpc) is 2.62. The number of nitrogens with one attached hydrogen (secondary N) is 1. The van der Waals surface area contributed by atoms with Crippen LogP contribution in [0.1, 0.15) is 37.8 Å². The first-order valence-electron chi connectivity index (χ1n) is 8.76. The summed E-state index contributed by atoms with van der Waals surface area (Å²) in [5.74, 6) is 1.55. The summed E-state index contributed by atoms with van der Waals surface area (Å²) in [6, 6.07) is 17.1. The Labute approximate surface area is 153 Å². The van der Waals surface area contributed by atoms with Crippen molar-refractivity contribution in [1.82, 2.24) is 5.32 Å². The molecular weight excluding hydrogens is 362 g/mol. The van der Waals surface area contributed by atoms with Gasteiger partial charge >= 0.3 is 0 Å². The minimum atomic E-state index is -0.0321. The Hall–Kier alpha value is -1.32. The summed E-state index contributed by atoms with van der Waals surface area (Å²) in [7, 11) is 0. The van der Waals surface area contributed by atoms with Gasteiger partial charge in [-0.1, -0.05) is 50.2 Å². The Balaban J connectivity index is 1.72. The molecule has 1 N–H and O–H groups in total. The molecule has 1 saturated heterocycles. The van der Waals surface area contributed by atoms with Gasteiger partial charge in [-0.2, -0.15) is 0 Å². The van der Waals surface area contributed by atoms with Gasteiger partial charge in [0.25, 0.3) is 0 Å². The maximum Gasteiger partial charge on any atom is 0.133 e. The van der Waals surface area contributed by atoms with Gasteiger partial charge in [0.15, 0.2) is 0 Å². The molecule has 2 aromatic carbocycles. The molecule has 0 unspecified atom stereocenters. The SMILES string of the molecule is CC(C)(c1ccccc1)c1ccc(OC[C@@H]2CCCNC2)c(Br)c1. The van der Waals surface area contributed by atoms with E-state index in [9.17, 15) is 0 Å². The number of ether oxygens (including phenoxy) is 1. The molecule has 3 heteroatoms. The summed E-state index contributed by atoms with van der Waals surface area (Å²) in [4.78, 5) is 0. The fourth-order valence-electron chi connectivity index (χ4n) is 3.30. The number of halogens is 1. The van der Waals surface area contributed by atoms with Crippen LogP contribution in [0.15, 0.2) is 53.0 Å². The number of benzene rings is 2. The summed E-state index contributed by atoms with van der Waals surface area (Å²) >= 11 is 3.70. The van der Waals surface area contributed by atoms with E-state index in [1.165, 1.54) is 24.0 Å². The fourth-order valence-corrected chi connectivity index (χ4v) is 3.80. The van der Waals surface area contributed by atoms with Gasteiger partial charge in [0.1, 0.15) is 5.75 Å². The monoisotopic (exact) mass is 387 g/mol. The predicted octanol–water partition coefficient (Wildman–Crippen LogP) is 5.15. The topological polar surface area (TPSA) is 21.3 Å². The van der Waals surface area contributed by atoms with E-state index < -0.39 is 0 Å². The van der Waals surface area contributed by atoms with Crippen molar-refractivity contribution in [2.75, 3.05) is 19.7 Å². The first-order chi connectivity index (χ1) is 11.6. The molecule has 24 heavy (non-hydrogen) atoms. The van der Waals surface area contributed by atoms with Crippen LogP contribution in [0.2, 0.25) is 0 Å². The van der Waals surface area contributed by atoms with E-state index in [-0.39, 0.29) is 5.41 Å². The van der Waals surface area contributed by atoms with Gasteiger partial charge in [0, 0.05) is 17.9 Å². The van der Waals surface area contributed by atoms with Gasteiger partial charge in [0.2, 0.25) is 0 Å². The summed E-state index contributed by atoms with van der Waals surface area (Å²) in [5.41, 5.74) is 2.57. The summed E-state index contributed by atoms with van der Waals surface area (Å²) < 4.78 is 7.10. The molecule has 0 saturated carbocycles. The summed E-state index contributed by atoms with van der Waals surface area (Å²) in [5, 5.41) is 3.44. The van der Waals surface area contributed by atoms with Gasteiger partial charge in [0.05, 0.1) is 11.1 Å². The van der Waals surface area contributed by atoms with Crippen molar-refractivity contribution in [3.63, 3.8) is 0 Å². The third kappa shape index (κ3) is 4.01. The zero-order valence-electron chi connectivity index (χ0n) is 14.5. The standard InChI is InChI=1S/C21H26BrNO/c1-21(2,17-8-4-3-5-9-17)18-10-11-20(19(22)13-18)24-15-16-7-6-12-23-14-16/h3-5,8-11,13,16,23H,6-7,12,14-15H2,1-2H3/t16-/m1/s1. The Morgan fingerprint density at radius 1 is 1.12 bits per heavy atom. The third-order valence-electron chi connectivity index (χ3n) is 5.02. The lowest BCUT2D eigenvalue weighted by Gasteiger charge is -2.27. The lowest BCUT2D eigenvalue weighted by molar-refractivity contribution is 0.217. The van der Waals surface area contributed by atoms with Crippen LogP contribution in [0.5, 0.6) is 5.75 Å². The second-order valence-electron chi connectivity index (χ2n) is 7.16. The first-order valence-corrected chi connectivity index (χ1v) is 9.56. The smallest absolute Gasteiger partial charge is 0.133 e. The quantitative estimate of drug-likeness (QED) is 0.765. The van der Waals surface area contributed by atoms with Gasteiger partial charge < -0.3 is 10.1 Å². The van der Waals surface area contributed by atoms with E-state index in [1.54, 1.807) is 0 Å². The third-order valence-corrected chi connectivity index (χ3v) is 5.64. The number of hydrogen-bond donors (Lipinski definition) is 1. The molecule has 2 nitrogen and oxygen atoms in total. The first kappa shape index (κ1) is 17.5. The average molecular weight is 388 g/mol. The highest BCUT2D eigenvalue weighted by atomic mass is 79.9. The molecule has 0 aromatic heterocycles. The van der Waals surface area contributed by atoms with Crippen molar-refractivity contribution < 1.29 is 4.74 Å². The zero-order chi connectivity index (χ0) is 17.0. The molecule has 3 rings (SSSR count). The molecule has 1 fully saturated rings. The summed E-state index contributed by atoms with van der Waals surface area (Å²) in [6.45, 7) is 7.52. The van der Waals surface area contributed by atoms with Crippen molar-refractivity contribution in [3.8, 4) is 5.75 Å². The van der Waals surface area contributed by atoms with Crippen molar-refractivity contribution >= 4 is 15.9 Å². The van der Waals surface area contributed by atoms with Gasteiger partial charge in [-0.3, -0.25) is 0 Å². The van der Waals surface area contributed by atoms with Crippen LogP contribution < -0.4 is 10.1 Å². The molecule has 0 spiro atoms. The van der Waals surface area contributed by atoms with E-state index in [0.29, 0.717) is 5.92 Å². The van der Waals surface area contributed by atoms with Crippen LogP contribution in [0, 0.1) is 5.92 Å². The maximum absolute atomic E-state index is 6.06. The Morgan fingerprint density at radius 2 is 1.92 bits per heavy atom. The molecule has 2 aromatic rings. The van der Waals surface area contributed by atoms with Crippen molar-refractivity contribution in [3.05, 3.63) is 64.1 Å². The normalized spacial score (nSPS) is 18.4. The highest BCUT2D eigenvalue weighted by molar-refractivity contribution is 9.10. The molecule has 1 aliphatic rings. The molecule has 0 radical (unpaired) electrons. The predicted molar refractivity (Wildman–Crippen MR) is 104 cm³/mol. The molecule has 1 atom stereocenters. The van der Waals surface area contributed by atoms with E-state index in [0.717, 1.165) is 29.9 Å². The van der Waals surface area contributed by atoms with E-state index >= 15 is 0 Å². The Kier molecular flexibility index (Phi) is 5.62. The van der Waals surface area contributed by atoms with Gasteiger partial charge in [-0.25, -0.2) is 0 Å². The lowest BCUT2D eigenvalue weighted by Crippen LogP contribution is -2.33. The molecule has 128 valence electrons. The van der Waals surface area contributed by atoms with E-state index in [1.807, 2.05) is 0 Å². The van der Waals surface area contributed by atoms with Crippen molar-refractivity contribution in [2.45, 2.75) is 32.1 Å². The van der Waals surface area contributed by atoms with Crippen LogP contribution >= 0.6 is 15.9 Å². The number of rotatable bonds is 5. The molecule has 1 heterocycles. The van der Waals surface area contributed by atoms with E-state index in [2.05, 4.69) is 83.6 Å². The van der Waals surface area contributed by atoms with Crippen LogP contribution in [-0.2, 0) is 5.41 Å². The number of hydrogen-bond acceptors (Lipinski definition) is 2. The largest absolute Gasteiger partial charge is 0.492 e. The molecular formula is C21H26BrNO. The van der Waals surface area contributed by atoms with E-state index in [4.69, 9.17) is 4.74 Å². The highest BCUT2D eigenvalue weighted by Gasteiger charge is 2.24. The zero-order valence-corrected chi connectivity index (χ0v) is 16.1. The second kappa shape index (κ2) is 7.71. The maximum atomic E-state index is 6.06. The van der Waals surface area contributed by atoms with Crippen LogP contribution in [0.3, 0.4) is 0 Å². The van der Waals surface area contributed by atoms with Gasteiger partial charge in [-0.05, 0) is 58.6 Å². The van der Waals surface area contributed by atoms with Crippen LogP contribution in [0.4, 0.5) is 0 Å². The molecule has 1 aliphatic heterocycles. The Morgan fingerprint density at radius 3 is 2.58 bits per heavy atom. The number of piperidine rings is 1. The highest BCUT2D eigenvalue weighted by Crippen LogP contribution is 2.36. The Bertz CT molecular complexity index is 663. The van der Waals surface area contributed by atoms with Crippen molar-refractivity contribution in [2.24, 2.45) is 5.92 Å². The van der Waals surface area contributed by atoms with Crippen LogP contribution in [-0.4, -0.2) is 19.7 Å². The van der Waals surface area contributed by atoms with Crippen molar-refractivity contribution in [1.29, 1.82) is 0 Å². The fraction of sp³-hybridized carbons (Fsp3) is 0.429. The molecule has 0 bridgehead atoms.